The Hall–Kier alpha value is -1.60. The molecular formula is C17H21N. The molecule has 0 heterocycles. The highest BCUT2D eigenvalue weighted by molar-refractivity contribution is 5.39. The second-order valence-electron chi connectivity index (χ2n) is 5.17. The number of hydrogen-bond acceptors (Lipinski definition) is 1. The molecule has 1 nitrogen and oxygen atoms in total. The first-order valence-electron chi connectivity index (χ1n) is 6.39. The van der Waals surface area contributed by atoms with E-state index in [1.807, 2.05) is 0 Å². The minimum Gasteiger partial charge on any atom is -0.320 e. The van der Waals surface area contributed by atoms with E-state index in [0.717, 1.165) is 0 Å². The third kappa shape index (κ3) is 2.46. The van der Waals surface area contributed by atoms with Gasteiger partial charge < -0.3 is 5.73 Å². The van der Waals surface area contributed by atoms with Crippen LogP contribution in [0.5, 0.6) is 0 Å². The Morgan fingerprint density at radius 3 is 1.39 bits per heavy atom. The van der Waals surface area contributed by atoms with Crippen molar-refractivity contribution in [3.05, 3.63) is 69.8 Å². The average Bonchev–Trinajstić information content (AvgIpc) is 2.35. The summed E-state index contributed by atoms with van der Waals surface area (Å²) in [6.45, 7) is 8.51. The third-order valence-electron chi connectivity index (χ3n) is 3.78. The molecule has 0 aliphatic rings. The summed E-state index contributed by atoms with van der Waals surface area (Å²) in [6, 6.07) is 12.9. The quantitative estimate of drug-likeness (QED) is 0.843. The molecule has 0 aromatic heterocycles. The van der Waals surface area contributed by atoms with E-state index < -0.39 is 0 Å². The first-order chi connectivity index (χ1) is 8.49. The second-order valence-corrected chi connectivity index (χ2v) is 5.17. The summed E-state index contributed by atoms with van der Waals surface area (Å²) in [7, 11) is 0. The molecule has 0 saturated carbocycles. The van der Waals surface area contributed by atoms with E-state index in [4.69, 9.17) is 5.73 Å². The highest BCUT2D eigenvalue weighted by Gasteiger charge is 2.10. The molecule has 0 aliphatic heterocycles. The van der Waals surface area contributed by atoms with Crippen LogP contribution in [-0.4, -0.2) is 0 Å². The molecule has 0 bridgehead atoms. The molecule has 2 aromatic carbocycles. The number of hydrogen-bond donors (Lipinski definition) is 1. The number of aryl methyl sites for hydroxylation is 4. The van der Waals surface area contributed by atoms with Crippen molar-refractivity contribution in [1.82, 2.24) is 0 Å². The van der Waals surface area contributed by atoms with Gasteiger partial charge in [0, 0.05) is 0 Å². The average molecular weight is 239 g/mol. The Kier molecular flexibility index (Phi) is 3.53. The lowest BCUT2D eigenvalue weighted by Crippen LogP contribution is -2.12. The van der Waals surface area contributed by atoms with Crippen LogP contribution in [0.15, 0.2) is 36.4 Å². The first-order valence-corrected chi connectivity index (χ1v) is 6.39. The standard InChI is InChI=1S/C17H21N/c1-11-5-7-15(9-13(11)3)17(18)16-8-6-12(2)14(4)10-16/h5-10,17H,18H2,1-4H3. The molecule has 2 N–H and O–H groups in total. The van der Waals surface area contributed by atoms with E-state index in [1.165, 1.54) is 33.4 Å². The van der Waals surface area contributed by atoms with E-state index in [9.17, 15) is 0 Å². The maximum absolute atomic E-state index is 6.35. The van der Waals surface area contributed by atoms with Crippen molar-refractivity contribution in [3.8, 4) is 0 Å². The monoisotopic (exact) mass is 239 g/mol. The predicted molar refractivity (Wildman–Crippen MR) is 77.9 cm³/mol. The number of benzene rings is 2. The zero-order chi connectivity index (χ0) is 13.3. The maximum Gasteiger partial charge on any atom is 0.0551 e. The Labute approximate surface area is 110 Å². The van der Waals surface area contributed by atoms with Gasteiger partial charge >= 0.3 is 0 Å². The van der Waals surface area contributed by atoms with Crippen LogP contribution in [0.25, 0.3) is 0 Å². The first kappa shape index (κ1) is 12.8. The van der Waals surface area contributed by atoms with Gasteiger partial charge in [-0.1, -0.05) is 36.4 Å². The molecular weight excluding hydrogens is 218 g/mol. The van der Waals surface area contributed by atoms with E-state index in [2.05, 4.69) is 64.1 Å². The van der Waals surface area contributed by atoms with Crippen LogP contribution >= 0.6 is 0 Å². The number of rotatable bonds is 2. The summed E-state index contributed by atoms with van der Waals surface area (Å²) >= 11 is 0. The molecule has 0 aliphatic carbocycles. The van der Waals surface area contributed by atoms with Gasteiger partial charge in [0.15, 0.2) is 0 Å². The van der Waals surface area contributed by atoms with Crippen LogP contribution in [0.4, 0.5) is 0 Å². The van der Waals surface area contributed by atoms with Crippen LogP contribution in [0.2, 0.25) is 0 Å². The lowest BCUT2D eigenvalue weighted by Gasteiger charge is -2.15. The molecule has 0 amide bonds. The minimum absolute atomic E-state index is 0.0383. The highest BCUT2D eigenvalue weighted by atomic mass is 14.6. The Bertz CT molecular complexity index is 518. The van der Waals surface area contributed by atoms with Crippen LogP contribution in [-0.2, 0) is 0 Å². The van der Waals surface area contributed by atoms with Crippen molar-refractivity contribution < 1.29 is 0 Å². The summed E-state index contributed by atoms with van der Waals surface area (Å²) in [5.74, 6) is 0. The maximum atomic E-state index is 6.35. The fourth-order valence-corrected chi connectivity index (χ4v) is 2.11. The lowest BCUT2D eigenvalue weighted by molar-refractivity contribution is 0.866. The molecule has 94 valence electrons. The van der Waals surface area contributed by atoms with Gasteiger partial charge in [0.2, 0.25) is 0 Å². The van der Waals surface area contributed by atoms with Gasteiger partial charge in [-0.25, -0.2) is 0 Å². The minimum atomic E-state index is -0.0383. The smallest absolute Gasteiger partial charge is 0.0551 e. The van der Waals surface area contributed by atoms with E-state index in [-0.39, 0.29) is 6.04 Å². The van der Waals surface area contributed by atoms with Crippen molar-refractivity contribution in [2.24, 2.45) is 5.73 Å². The number of nitrogens with two attached hydrogens (primary N) is 1. The predicted octanol–water partition coefficient (Wildman–Crippen LogP) is 3.97. The summed E-state index contributed by atoms with van der Waals surface area (Å²) in [6.07, 6.45) is 0. The van der Waals surface area contributed by atoms with E-state index in [0.29, 0.717) is 0 Å². The summed E-state index contributed by atoms with van der Waals surface area (Å²) in [4.78, 5) is 0. The molecule has 0 atom stereocenters. The van der Waals surface area contributed by atoms with Gasteiger partial charge in [-0.05, 0) is 61.1 Å². The molecule has 2 aromatic rings. The topological polar surface area (TPSA) is 26.0 Å². The van der Waals surface area contributed by atoms with Gasteiger partial charge in [0.1, 0.15) is 0 Å². The van der Waals surface area contributed by atoms with Crippen molar-refractivity contribution in [2.45, 2.75) is 33.7 Å². The van der Waals surface area contributed by atoms with Crippen molar-refractivity contribution in [1.29, 1.82) is 0 Å². The molecule has 0 fully saturated rings. The summed E-state index contributed by atoms with van der Waals surface area (Å²) < 4.78 is 0. The molecule has 0 saturated heterocycles. The van der Waals surface area contributed by atoms with Gasteiger partial charge in [-0.2, -0.15) is 0 Å². The third-order valence-corrected chi connectivity index (χ3v) is 3.78. The SMILES string of the molecule is Cc1ccc(C(N)c2ccc(C)c(C)c2)cc1C. The molecule has 0 radical (unpaired) electrons. The normalized spacial score (nSPS) is 11.0. The van der Waals surface area contributed by atoms with E-state index in [1.54, 1.807) is 0 Å². The fourth-order valence-electron chi connectivity index (χ4n) is 2.11. The Morgan fingerprint density at radius 2 is 1.06 bits per heavy atom. The van der Waals surface area contributed by atoms with Crippen LogP contribution in [0, 0.1) is 27.7 Å². The second kappa shape index (κ2) is 4.95. The summed E-state index contributed by atoms with van der Waals surface area (Å²) in [5, 5.41) is 0. The van der Waals surface area contributed by atoms with E-state index >= 15 is 0 Å². The van der Waals surface area contributed by atoms with Gasteiger partial charge in [0.05, 0.1) is 6.04 Å². The highest BCUT2D eigenvalue weighted by Crippen LogP contribution is 2.23. The molecule has 0 unspecified atom stereocenters. The van der Waals surface area contributed by atoms with Crippen LogP contribution in [0.1, 0.15) is 39.4 Å². The Morgan fingerprint density at radius 1 is 0.667 bits per heavy atom. The zero-order valence-electron chi connectivity index (χ0n) is 11.6. The molecule has 0 spiro atoms. The molecule has 2 rings (SSSR count). The van der Waals surface area contributed by atoms with Gasteiger partial charge in [-0.15, -0.1) is 0 Å². The van der Waals surface area contributed by atoms with Crippen molar-refractivity contribution >= 4 is 0 Å². The van der Waals surface area contributed by atoms with Crippen molar-refractivity contribution in [2.75, 3.05) is 0 Å². The van der Waals surface area contributed by atoms with Crippen LogP contribution < -0.4 is 5.73 Å². The molecule has 18 heavy (non-hydrogen) atoms. The molecule has 1 heteroatoms. The summed E-state index contributed by atoms with van der Waals surface area (Å²) in [5.41, 5.74) is 13.9. The van der Waals surface area contributed by atoms with Crippen molar-refractivity contribution in [3.63, 3.8) is 0 Å². The largest absolute Gasteiger partial charge is 0.320 e. The Balaban J connectivity index is 2.37. The van der Waals surface area contributed by atoms with Crippen LogP contribution in [0.3, 0.4) is 0 Å². The zero-order valence-corrected chi connectivity index (χ0v) is 11.6. The van der Waals surface area contributed by atoms with Gasteiger partial charge in [-0.3, -0.25) is 0 Å². The lowest BCUT2D eigenvalue weighted by atomic mass is 9.94. The fraction of sp³-hybridized carbons (Fsp3) is 0.294. The van der Waals surface area contributed by atoms with Gasteiger partial charge in [0.25, 0.3) is 0 Å².